The summed E-state index contributed by atoms with van der Waals surface area (Å²) < 4.78 is 0. The average molecular weight is 333 g/mol. The molecule has 3 rings (SSSR count). The van der Waals surface area contributed by atoms with E-state index in [0.717, 1.165) is 16.7 Å². The number of amides is 1. The second kappa shape index (κ2) is 8.50. The van der Waals surface area contributed by atoms with Gasteiger partial charge in [-0.1, -0.05) is 73.6 Å². The molecule has 25 heavy (non-hydrogen) atoms. The minimum Gasteiger partial charge on any atom is -0.289 e. The van der Waals surface area contributed by atoms with Gasteiger partial charge in [-0.05, 0) is 36.1 Å². The maximum Gasteiger partial charge on any atom is 0.255 e. The van der Waals surface area contributed by atoms with E-state index in [2.05, 4.69) is 11.8 Å². The van der Waals surface area contributed by atoms with Gasteiger partial charge in [-0.2, -0.15) is 0 Å². The number of carbonyl (C=O) groups excluding carboxylic acids is 1. The summed E-state index contributed by atoms with van der Waals surface area (Å²) in [6.45, 7) is 0. The molecule has 0 radical (unpaired) electrons. The Morgan fingerprint density at radius 1 is 1.00 bits per heavy atom. The van der Waals surface area contributed by atoms with Crippen LogP contribution in [-0.4, -0.2) is 11.1 Å². The highest BCUT2D eigenvalue weighted by Crippen LogP contribution is 2.26. The Bertz CT molecular complexity index is 767. The van der Waals surface area contributed by atoms with Crippen LogP contribution < -0.4 is 5.48 Å². The molecule has 2 N–H and O–H groups in total. The molecule has 0 bridgehead atoms. The highest BCUT2D eigenvalue weighted by Gasteiger charge is 2.22. The lowest BCUT2D eigenvalue weighted by molar-refractivity contribution is -0.129. The van der Waals surface area contributed by atoms with Gasteiger partial charge in [0, 0.05) is 11.5 Å². The summed E-state index contributed by atoms with van der Waals surface area (Å²) in [5, 5.41) is 9.14. The smallest absolute Gasteiger partial charge is 0.255 e. The zero-order valence-corrected chi connectivity index (χ0v) is 14.2. The highest BCUT2D eigenvalue weighted by molar-refractivity contribution is 5.86. The third kappa shape index (κ3) is 4.49. The lowest BCUT2D eigenvalue weighted by atomic mass is 9.88. The van der Waals surface area contributed by atoms with E-state index >= 15 is 0 Å². The van der Waals surface area contributed by atoms with Crippen molar-refractivity contribution in [3.05, 3.63) is 71.3 Å². The summed E-state index contributed by atoms with van der Waals surface area (Å²) in [6.07, 6.45) is 6.24. The number of hydroxylamine groups is 1. The second-order valence-electron chi connectivity index (χ2n) is 6.55. The lowest BCUT2D eigenvalue weighted by Gasteiger charge is -2.16. The van der Waals surface area contributed by atoms with Crippen molar-refractivity contribution in [2.75, 3.05) is 0 Å². The predicted octanol–water partition coefficient (Wildman–Crippen LogP) is 4.26. The average Bonchev–Trinajstić information content (AvgIpc) is 2.68. The van der Waals surface area contributed by atoms with Gasteiger partial charge < -0.3 is 0 Å². The standard InChI is InChI=1S/C22H23NO2/c24-22(23-25)21(19-11-5-2-6-12-19)20-13-7-10-18(16-20)15-14-17-8-3-1-4-9-17/h2,5-7,10-13,16-17,21,25H,1,3-4,8-9H2,(H,23,24). The molecule has 128 valence electrons. The first-order chi connectivity index (χ1) is 12.3. The third-order valence-electron chi connectivity index (χ3n) is 4.75. The van der Waals surface area contributed by atoms with Crippen molar-refractivity contribution in [1.82, 2.24) is 5.48 Å². The van der Waals surface area contributed by atoms with Gasteiger partial charge in [0.15, 0.2) is 0 Å². The summed E-state index contributed by atoms with van der Waals surface area (Å²) in [4.78, 5) is 12.2. The number of rotatable bonds is 3. The van der Waals surface area contributed by atoms with Crippen LogP contribution in [-0.2, 0) is 4.79 Å². The number of carbonyl (C=O) groups is 1. The second-order valence-corrected chi connectivity index (χ2v) is 6.55. The Balaban J connectivity index is 1.88. The van der Waals surface area contributed by atoms with E-state index < -0.39 is 11.8 Å². The van der Waals surface area contributed by atoms with Crippen molar-refractivity contribution in [2.24, 2.45) is 5.92 Å². The number of nitrogens with one attached hydrogen (secondary N) is 1. The molecule has 1 amide bonds. The fraction of sp³-hybridized carbons (Fsp3) is 0.318. The fourth-order valence-electron chi connectivity index (χ4n) is 3.43. The predicted molar refractivity (Wildman–Crippen MR) is 98.1 cm³/mol. The minimum absolute atomic E-state index is 0.441. The molecular formula is C22H23NO2. The largest absolute Gasteiger partial charge is 0.289 e. The highest BCUT2D eigenvalue weighted by atomic mass is 16.5. The van der Waals surface area contributed by atoms with Crippen molar-refractivity contribution in [1.29, 1.82) is 0 Å². The monoisotopic (exact) mass is 333 g/mol. The van der Waals surface area contributed by atoms with Crippen LogP contribution in [0.2, 0.25) is 0 Å². The molecule has 1 aliphatic rings. The van der Waals surface area contributed by atoms with Crippen LogP contribution in [0, 0.1) is 17.8 Å². The van der Waals surface area contributed by atoms with E-state index in [9.17, 15) is 4.79 Å². The minimum atomic E-state index is -0.553. The molecule has 3 nitrogen and oxygen atoms in total. The molecule has 1 fully saturated rings. The first-order valence-electron chi connectivity index (χ1n) is 8.88. The third-order valence-corrected chi connectivity index (χ3v) is 4.75. The van der Waals surface area contributed by atoms with E-state index in [1.807, 2.05) is 54.6 Å². The summed E-state index contributed by atoms with van der Waals surface area (Å²) in [5.41, 5.74) is 4.37. The van der Waals surface area contributed by atoms with Gasteiger partial charge in [0.2, 0.25) is 0 Å². The van der Waals surface area contributed by atoms with Crippen LogP contribution in [0.3, 0.4) is 0 Å². The van der Waals surface area contributed by atoms with Gasteiger partial charge in [-0.25, -0.2) is 5.48 Å². The van der Waals surface area contributed by atoms with Crippen molar-refractivity contribution in [3.63, 3.8) is 0 Å². The van der Waals surface area contributed by atoms with E-state index in [1.165, 1.54) is 32.1 Å². The molecule has 1 saturated carbocycles. The molecule has 3 heteroatoms. The lowest BCUT2D eigenvalue weighted by Crippen LogP contribution is -2.27. The van der Waals surface area contributed by atoms with E-state index in [1.54, 1.807) is 5.48 Å². The first kappa shape index (κ1) is 17.3. The van der Waals surface area contributed by atoms with Crippen LogP contribution in [0.25, 0.3) is 0 Å². The zero-order valence-electron chi connectivity index (χ0n) is 14.2. The maximum atomic E-state index is 12.2. The summed E-state index contributed by atoms with van der Waals surface area (Å²) in [6, 6.07) is 17.2. The molecule has 0 aliphatic heterocycles. The van der Waals surface area contributed by atoms with Gasteiger partial charge in [0.1, 0.15) is 0 Å². The van der Waals surface area contributed by atoms with E-state index in [4.69, 9.17) is 5.21 Å². The van der Waals surface area contributed by atoms with Crippen LogP contribution >= 0.6 is 0 Å². The van der Waals surface area contributed by atoms with Gasteiger partial charge in [-0.3, -0.25) is 10.0 Å². The molecule has 0 spiro atoms. The van der Waals surface area contributed by atoms with Crippen LogP contribution in [0.4, 0.5) is 0 Å². The van der Waals surface area contributed by atoms with Crippen LogP contribution in [0.5, 0.6) is 0 Å². The maximum absolute atomic E-state index is 12.2. The topological polar surface area (TPSA) is 49.3 Å². The molecule has 2 aromatic carbocycles. The summed E-state index contributed by atoms with van der Waals surface area (Å²) >= 11 is 0. The van der Waals surface area contributed by atoms with Crippen LogP contribution in [0.1, 0.15) is 54.7 Å². The van der Waals surface area contributed by atoms with Gasteiger partial charge in [0.05, 0.1) is 5.92 Å². The Morgan fingerprint density at radius 2 is 1.72 bits per heavy atom. The number of benzene rings is 2. The van der Waals surface area contributed by atoms with Crippen molar-refractivity contribution in [2.45, 2.75) is 38.0 Å². The van der Waals surface area contributed by atoms with E-state index in [0.29, 0.717) is 5.92 Å². The number of hydrogen-bond donors (Lipinski definition) is 2. The zero-order chi connectivity index (χ0) is 17.5. The van der Waals surface area contributed by atoms with E-state index in [-0.39, 0.29) is 0 Å². The summed E-state index contributed by atoms with van der Waals surface area (Å²) in [7, 11) is 0. The molecule has 0 heterocycles. The van der Waals surface area contributed by atoms with Gasteiger partial charge in [0.25, 0.3) is 5.91 Å². The Kier molecular flexibility index (Phi) is 5.87. The Hall–Kier alpha value is -2.57. The molecular weight excluding hydrogens is 310 g/mol. The quantitative estimate of drug-likeness (QED) is 0.501. The van der Waals surface area contributed by atoms with Gasteiger partial charge >= 0.3 is 0 Å². The van der Waals surface area contributed by atoms with Crippen molar-refractivity contribution < 1.29 is 10.0 Å². The molecule has 0 saturated heterocycles. The van der Waals surface area contributed by atoms with Crippen molar-refractivity contribution >= 4 is 5.91 Å². The normalized spacial score (nSPS) is 15.7. The van der Waals surface area contributed by atoms with Crippen LogP contribution in [0.15, 0.2) is 54.6 Å². The molecule has 0 aromatic heterocycles. The SMILES string of the molecule is O=C(NO)C(c1ccccc1)c1cccc(C#CC2CCCCC2)c1. The molecule has 2 aromatic rings. The first-order valence-corrected chi connectivity index (χ1v) is 8.88. The molecule has 1 aliphatic carbocycles. The Morgan fingerprint density at radius 3 is 2.44 bits per heavy atom. The van der Waals surface area contributed by atoms with Crippen molar-refractivity contribution in [3.8, 4) is 11.8 Å². The Labute approximate surface area is 149 Å². The number of hydrogen-bond acceptors (Lipinski definition) is 2. The summed E-state index contributed by atoms with van der Waals surface area (Å²) in [5.74, 6) is 6.16. The molecule has 1 unspecified atom stereocenters. The molecule has 1 atom stereocenters. The fourth-order valence-corrected chi connectivity index (χ4v) is 3.43. The van der Waals surface area contributed by atoms with Gasteiger partial charge in [-0.15, -0.1) is 0 Å².